The second-order valence-corrected chi connectivity index (χ2v) is 5.59. The molecule has 2 rings (SSSR count). The molecule has 0 radical (unpaired) electrons. The van der Waals surface area contributed by atoms with Crippen LogP contribution in [0.3, 0.4) is 0 Å². The molecule has 0 saturated heterocycles. The van der Waals surface area contributed by atoms with Crippen LogP contribution in [0.2, 0.25) is 0 Å². The summed E-state index contributed by atoms with van der Waals surface area (Å²) in [5.74, 6) is 4.87. The molecule has 5 heteroatoms. The van der Waals surface area contributed by atoms with Crippen LogP contribution in [0.15, 0.2) is 53.5 Å². The SMILES string of the molecule is C#CCOc1ccc(CCNC(=NC)NCc2ccc(OC)cc2)cc1. The molecule has 0 heterocycles. The summed E-state index contributed by atoms with van der Waals surface area (Å²) in [7, 11) is 3.43. The largest absolute Gasteiger partial charge is 0.497 e. The summed E-state index contributed by atoms with van der Waals surface area (Å²) < 4.78 is 10.5. The molecule has 2 aromatic rings. The van der Waals surface area contributed by atoms with Crippen molar-refractivity contribution in [2.45, 2.75) is 13.0 Å². The molecule has 0 atom stereocenters. The fraction of sp³-hybridized carbons (Fsp3) is 0.286. The third-order valence-electron chi connectivity index (χ3n) is 3.79. The van der Waals surface area contributed by atoms with Crippen molar-refractivity contribution in [3.05, 3.63) is 59.7 Å². The van der Waals surface area contributed by atoms with Gasteiger partial charge in [-0.05, 0) is 41.8 Å². The van der Waals surface area contributed by atoms with E-state index >= 15 is 0 Å². The number of benzene rings is 2. The Morgan fingerprint density at radius 1 is 1.00 bits per heavy atom. The molecular weight excluding hydrogens is 326 g/mol. The van der Waals surface area contributed by atoms with Gasteiger partial charge in [0.2, 0.25) is 0 Å². The summed E-state index contributed by atoms with van der Waals surface area (Å²) in [4.78, 5) is 4.25. The third-order valence-corrected chi connectivity index (χ3v) is 3.79. The Hall–Kier alpha value is -3.13. The van der Waals surface area contributed by atoms with E-state index in [-0.39, 0.29) is 6.61 Å². The average Bonchev–Trinajstić information content (AvgIpc) is 2.70. The second kappa shape index (κ2) is 10.7. The van der Waals surface area contributed by atoms with E-state index in [0.29, 0.717) is 6.54 Å². The average molecular weight is 351 g/mol. The Morgan fingerprint density at radius 3 is 2.27 bits per heavy atom. The molecule has 2 N–H and O–H groups in total. The highest BCUT2D eigenvalue weighted by Gasteiger charge is 2.00. The summed E-state index contributed by atoms with van der Waals surface area (Å²) >= 11 is 0. The van der Waals surface area contributed by atoms with Gasteiger partial charge in [-0.1, -0.05) is 30.2 Å². The van der Waals surface area contributed by atoms with Crippen molar-refractivity contribution in [2.24, 2.45) is 4.99 Å². The minimum absolute atomic E-state index is 0.289. The van der Waals surface area contributed by atoms with E-state index in [2.05, 4.69) is 21.5 Å². The van der Waals surface area contributed by atoms with Crippen molar-refractivity contribution in [3.63, 3.8) is 0 Å². The zero-order valence-corrected chi connectivity index (χ0v) is 15.3. The van der Waals surface area contributed by atoms with Crippen LogP contribution < -0.4 is 20.1 Å². The molecule has 0 fully saturated rings. The quantitative estimate of drug-likeness (QED) is 0.436. The first-order valence-corrected chi connectivity index (χ1v) is 8.48. The fourth-order valence-corrected chi connectivity index (χ4v) is 2.35. The molecule has 0 aliphatic rings. The molecular formula is C21H25N3O2. The summed E-state index contributed by atoms with van der Waals surface area (Å²) in [6, 6.07) is 15.9. The van der Waals surface area contributed by atoms with Crippen LogP contribution in [0.1, 0.15) is 11.1 Å². The zero-order valence-electron chi connectivity index (χ0n) is 15.3. The normalized spacial score (nSPS) is 10.7. The van der Waals surface area contributed by atoms with E-state index in [1.165, 1.54) is 5.56 Å². The van der Waals surface area contributed by atoms with Gasteiger partial charge in [0.15, 0.2) is 5.96 Å². The number of hydrogen-bond donors (Lipinski definition) is 2. The molecule has 26 heavy (non-hydrogen) atoms. The Kier molecular flexibility index (Phi) is 7.88. The number of guanidine groups is 1. The first-order valence-electron chi connectivity index (χ1n) is 8.48. The maximum Gasteiger partial charge on any atom is 0.191 e. The molecule has 0 aromatic heterocycles. The molecule has 5 nitrogen and oxygen atoms in total. The van der Waals surface area contributed by atoms with Gasteiger partial charge in [0.05, 0.1) is 7.11 Å². The molecule has 0 unspecified atom stereocenters. The van der Waals surface area contributed by atoms with Crippen molar-refractivity contribution in [1.29, 1.82) is 0 Å². The number of terminal acetylenes is 1. The number of ether oxygens (including phenoxy) is 2. The highest BCUT2D eigenvalue weighted by Crippen LogP contribution is 2.12. The van der Waals surface area contributed by atoms with Crippen molar-refractivity contribution in [1.82, 2.24) is 10.6 Å². The van der Waals surface area contributed by atoms with Crippen molar-refractivity contribution in [2.75, 3.05) is 27.3 Å². The standard InChI is InChI=1S/C21H25N3O2/c1-4-15-26-20-11-5-17(6-12-20)13-14-23-21(22-2)24-16-18-7-9-19(25-3)10-8-18/h1,5-12H,13-16H2,2-3H3,(H2,22,23,24). The lowest BCUT2D eigenvalue weighted by Gasteiger charge is -2.12. The molecule has 2 aromatic carbocycles. The first kappa shape index (κ1) is 19.2. The van der Waals surface area contributed by atoms with Crippen LogP contribution in [0.25, 0.3) is 0 Å². The lowest BCUT2D eigenvalue weighted by Crippen LogP contribution is -2.37. The van der Waals surface area contributed by atoms with Gasteiger partial charge >= 0.3 is 0 Å². The van der Waals surface area contributed by atoms with Crippen LogP contribution in [-0.2, 0) is 13.0 Å². The number of nitrogens with one attached hydrogen (secondary N) is 2. The van der Waals surface area contributed by atoms with Gasteiger partial charge < -0.3 is 20.1 Å². The van der Waals surface area contributed by atoms with E-state index in [1.54, 1.807) is 14.2 Å². The van der Waals surface area contributed by atoms with Crippen LogP contribution in [0.5, 0.6) is 11.5 Å². The van der Waals surface area contributed by atoms with Crippen molar-refractivity contribution >= 4 is 5.96 Å². The molecule has 0 spiro atoms. The van der Waals surface area contributed by atoms with E-state index in [1.807, 2.05) is 48.5 Å². The molecule has 136 valence electrons. The van der Waals surface area contributed by atoms with E-state index < -0.39 is 0 Å². The zero-order chi connectivity index (χ0) is 18.6. The number of methoxy groups -OCH3 is 1. The van der Waals surface area contributed by atoms with Crippen LogP contribution in [-0.4, -0.2) is 33.3 Å². The summed E-state index contributed by atoms with van der Waals surface area (Å²) in [5, 5.41) is 6.62. The predicted octanol–water partition coefficient (Wildman–Crippen LogP) is 2.61. The molecule has 0 amide bonds. The number of aliphatic imine (C=N–C) groups is 1. The first-order chi connectivity index (χ1) is 12.7. The third kappa shape index (κ3) is 6.40. The maximum atomic E-state index is 5.37. The highest BCUT2D eigenvalue weighted by atomic mass is 16.5. The lowest BCUT2D eigenvalue weighted by atomic mass is 10.1. The smallest absolute Gasteiger partial charge is 0.191 e. The number of rotatable bonds is 8. The second-order valence-electron chi connectivity index (χ2n) is 5.59. The van der Waals surface area contributed by atoms with Gasteiger partial charge in [-0.3, -0.25) is 4.99 Å². The van der Waals surface area contributed by atoms with Crippen LogP contribution in [0, 0.1) is 12.3 Å². The van der Waals surface area contributed by atoms with Crippen LogP contribution >= 0.6 is 0 Å². The minimum Gasteiger partial charge on any atom is -0.497 e. The molecule has 0 saturated carbocycles. The van der Waals surface area contributed by atoms with Gasteiger partial charge in [-0.25, -0.2) is 0 Å². The summed E-state index contributed by atoms with van der Waals surface area (Å²) in [6.45, 7) is 1.77. The number of hydrogen-bond acceptors (Lipinski definition) is 3. The summed E-state index contributed by atoms with van der Waals surface area (Å²) in [5.41, 5.74) is 2.38. The van der Waals surface area contributed by atoms with Gasteiger partial charge in [-0.2, -0.15) is 0 Å². The monoisotopic (exact) mass is 351 g/mol. The summed E-state index contributed by atoms with van der Waals surface area (Å²) in [6.07, 6.45) is 6.07. The molecule has 0 aliphatic heterocycles. The molecule has 0 bridgehead atoms. The van der Waals surface area contributed by atoms with Crippen molar-refractivity contribution < 1.29 is 9.47 Å². The highest BCUT2D eigenvalue weighted by molar-refractivity contribution is 5.79. The Morgan fingerprint density at radius 2 is 1.65 bits per heavy atom. The minimum atomic E-state index is 0.289. The van der Waals surface area contributed by atoms with Gasteiger partial charge in [-0.15, -0.1) is 6.42 Å². The van der Waals surface area contributed by atoms with E-state index in [9.17, 15) is 0 Å². The van der Waals surface area contributed by atoms with Gasteiger partial charge in [0, 0.05) is 20.1 Å². The van der Waals surface area contributed by atoms with Gasteiger partial charge in [0.1, 0.15) is 18.1 Å². The maximum absolute atomic E-state index is 5.37. The Bertz CT molecular complexity index is 731. The van der Waals surface area contributed by atoms with Crippen LogP contribution in [0.4, 0.5) is 0 Å². The van der Waals surface area contributed by atoms with Gasteiger partial charge in [0.25, 0.3) is 0 Å². The van der Waals surface area contributed by atoms with E-state index in [4.69, 9.17) is 15.9 Å². The predicted molar refractivity (Wildman–Crippen MR) is 106 cm³/mol. The Labute approximate surface area is 155 Å². The lowest BCUT2D eigenvalue weighted by molar-refractivity contribution is 0.370. The Balaban J connectivity index is 1.73. The van der Waals surface area contributed by atoms with E-state index in [0.717, 1.165) is 36.0 Å². The molecule has 0 aliphatic carbocycles. The topological polar surface area (TPSA) is 54.9 Å². The van der Waals surface area contributed by atoms with Crippen molar-refractivity contribution in [3.8, 4) is 23.8 Å². The fourth-order valence-electron chi connectivity index (χ4n) is 2.35. The number of nitrogens with zero attached hydrogens (tertiary/aromatic N) is 1.